The Morgan fingerprint density at radius 3 is 2.52 bits per heavy atom. The van der Waals surface area contributed by atoms with E-state index in [1.807, 2.05) is 30.3 Å². The van der Waals surface area contributed by atoms with E-state index in [1.54, 1.807) is 28.1 Å². The van der Waals surface area contributed by atoms with Crippen LogP contribution in [0.15, 0.2) is 30.3 Å². The highest BCUT2D eigenvalue weighted by Crippen LogP contribution is 2.47. The number of esters is 1. The Balaban J connectivity index is 1.67. The first-order valence-electron chi connectivity index (χ1n) is 11.2. The summed E-state index contributed by atoms with van der Waals surface area (Å²) in [7, 11) is 3.11. The highest BCUT2D eigenvalue weighted by atomic mass is 16.6. The number of Topliss-reactive ketones (excluding diaryl/α,β-unsaturated/α-hetero) is 1. The molecule has 0 bridgehead atoms. The zero-order valence-corrected chi connectivity index (χ0v) is 19.6. The summed E-state index contributed by atoms with van der Waals surface area (Å²) in [4.78, 5) is 25.1. The first-order valence-corrected chi connectivity index (χ1v) is 11.2. The number of benzene rings is 2. The summed E-state index contributed by atoms with van der Waals surface area (Å²) in [5.74, 6) is 1.23. The minimum Gasteiger partial charge on any atom is -0.493 e. The Morgan fingerprint density at radius 2 is 1.82 bits per heavy atom. The minimum atomic E-state index is -0.900. The van der Waals surface area contributed by atoms with Crippen molar-refractivity contribution in [2.24, 2.45) is 5.41 Å². The van der Waals surface area contributed by atoms with Gasteiger partial charge in [0.1, 0.15) is 12.7 Å². The third kappa shape index (κ3) is 4.55. The Kier molecular flexibility index (Phi) is 6.61. The Bertz CT molecular complexity index is 1050. The number of ketones is 1. The number of carbonyl (C=O) groups is 2. The summed E-state index contributed by atoms with van der Waals surface area (Å²) in [6.07, 6.45) is 1.66. The Hall–Kier alpha value is -3.06. The number of hydrogen-bond acceptors (Lipinski definition) is 7. The average molecular weight is 455 g/mol. The van der Waals surface area contributed by atoms with Crippen LogP contribution in [0.5, 0.6) is 17.2 Å². The van der Waals surface area contributed by atoms with E-state index < -0.39 is 5.41 Å². The van der Waals surface area contributed by atoms with Crippen LogP contribution in [-0.2, 0) is 20.7 Å². The van der Waals surface area contributed by atoms with E-state index in [9.17, 15) is 9.59 Å². The summed E-state index contributed by atoms with van der Waals surface area (Å²) >= 11 is 0. The molecule has 1 atom stereocenters. The maximum atomic E-state index is 12.8. The number of ether oxygens (including phenoxy) is 5. The van der Waals surface area contributed by atoms with Gasteiger partial charge in [0.25, 0.3) is 0 Å². The molecule has 33 heavy (non-hydrogen) atoms. The van der Waals surface area contributed by atoms with Gasteiger partial charge in [-0.25, -0.2) is 0 Å². The molecule has 2 aliphatic rings. The van der Waals surface area contributed by atoms with E-state index in [1.165, 1.54) is 0 Å². The van der Waals surface area contributed by atoms with Crippen molar-refractivity contribution in [3.05, 3.63) is 41.5 Å². The van der Waals surface area contributed by atoms with Crippen molar-refractivity contribution in [1.29, 1.82) is 0 Å². The van der Waals surface area contributed by atoms with Crippen LogP contribution in [0.3, 0.4) is 0 Å². The van der Waals surface area contributed by atoms with Crippen molar-refractivity contribution in [1.82, 2.24) is 0 Å². The summed E-state index contributed by atoms with van der Waals surface area (Å²) in [5, 5.41) is 0. The fourth-order valence-corrected chi connectivity index (χ4v) is 4.23. The third-order valence-electron chi connectivity index (χ3n) is 6.16. The van der Waals surface area contributed by atoms with Crippen molar-refractivity contribution < 1.29 is 33.3 Å². The highest BCUT2D eigenvalue weighted by Gasteiger charge is 2.35. The Morgan fingerprint density at radius 1 is 1.03 bits per heavy atom. The largest absolute Gasteiger partial charge is 0.493 e. The standard InChI is InChI=1S/C26H30O7/c1-26(2,25(28)33-16-12-13-31-14-16)15-32-23-20(9-11-22(29-3)24(23)30-4)17-6-5-7-19-18(17)8-10-21(19)27/h5-7,9,11,16H,8,10,12-15H2,1-4H3/t16-/m1/s1. The molecule has 1 saturated heterocycles. The Labute approximate surface area is 193 Å². The predicted molar refractivity (Wildman–Crippen MR) is 122 cm³/mol. The number of rotatable bonds is 8. The van der Waals surface area contributed by atoms with E-state index in [2.05, 4.69) is 0 Å². The van der Waals surface area contributed by atoms with Crippen LogP contribution in [-0.4, -0.2) is 51.9 Å². The monoisotopic (exact) mass is 454 g/mol. The van der Waals surface area contributed by atoms with Crippen LogP contribution >= 0.6 is 0 Å². The fraction of sp³-hybridized carbons (Fsp3) is 0.462. The molecule has 1 heterocycles. The second-order valence-corrected chi connectivity index (χ2v) is 9.00. The van der Waals surface area contributed by atoms with Crippen LogP contribution in [0.2, 0.25) is 0 Å². The summed E-state index contributed by atoms with van der Waals surface area (Å²) < 4.78 is 28.3. The van der Waals surface area contributed by atoms with Gasteiger partial charge in [-0.15, -0.1) is 0 Å². The van der Waals surface area contributed by atoms with Gasteiger partial charge in [-0.2, -0.15) is 0 Å². The van der Waals surface area contributed by atoms with Gasteiger partial charge in [-0.1, -0.05) is 18.2 Å². The maximum absolute atomic E-state index is 12.8. The predicted octanol–water partition coefficient (Wildman–Crippen LogP) is 4.24. The van der Waals surface area contributed by atoms with Crippen molar-refractivity contribution in [2.75, 3.05) is 34.0 Å². The van der Waals surface area contributed by atoms with Gasteiger partial charge in [-0.05, 0) is 43.5 Å². The molecule has 2 aromatic carbocycles. The van der Waals surface area contributed by atoms with Gasteiger partial charge >= 0.3 is 5.97 Å². The molecule has 1 aliphatic heterocycles. The first-order chi connectivity index (χ1) is 15.9. The topological polar surface area (TPSA) is 80.3 Å². The lowest BCUT2D eigenvalue weighted by Crippen LogP contribution is -2.35. The molecule has 7 nitrogen and oxygen atoms in total. The first kappa shape index (κ1) is 23.1. The molecule has 0 unspecified atom stereocenters. The summed E-state index contributed by atoms with van der Waals surface area (Å²) in [5.41, 5.74) is 2.54. The van der Waals surface area contributed by atoms with Crippen LogP contribution in [0, 0.1) is 5.41 Å². The molecule has 0 amide bonds. The van der Waals surface area contributed by atoms with E-state index in [0.29, 0.717) is 49.7 Å². The lowest BCUT2D eigenvalue weighted by Gasteiger charge is -2.26. The molecular weight excluding hydrogens is 424 g/mol. The normalized spacial score (nSPS) is 17.6. The van der Waals surface area contributed by atoms with E-state index >= 15 is 0 Å². The van der Waals surface area contributed by atoms with Gasteiger partial charge < -0.3 is 23.7 Å². The average Bonchev–Trinajstić information content (AvgIpc) is 3.46. The minimum absolute atomic E-state index is 0.0733. The van der Waals surface area contributed by atoms with Crippen LogP contribution in [0.1, 0.15) is 42.6 Å². The molecule has 0 saturated carbocycles. The number of carbonyl (C=O) groups excluding carboxylic acids is 2. The second-order valence-electron chi connectivity index (χ2n) is 9.00. The van der Waals surface area contributed by atoms with Gasteiger partial charge in [0.2, 0.25) is 5.75 Å². The number of fused-ring (bicyclic) bond motifs is 1. The van der Waals surface area contributed by atoms with E-state index in [-0.39, 0.29) is 24.5 Å². The van der Waals surface area contributed by atoms with E-state index in [4.69, 9.17) is 23.7 Å². The molecule has 0 N–H and O–H groups in total. The smallest absolute Gasteiger partial charge is 0.315 e. The van der Waals surface area contributed by atoms with Crippen molar-refractivity contribution in [2.45, 2.75) is 39.2 Å². The molecule has 7 heteroatoms. The highest BCUT2D eigenvalue weighted by molar-refractivity contribution is 6.02. The second kappa shape index (κ2) is 9.43. The van der Waals surface area contributed by atoms with Gasteiger partial charge in [0, 0.05) is 24.0 Å². The van der Waals surface area contributed by atoms with Crippen molar-refractivity contribution in [3.8, 4) is 28.4 Å². The zero-order chi connectivity index (χ0) is 23.6. The molecule has 0 radical (unpaired) electrons. The van der Waals surface area contributed by atoms with Crippen molar-refractivity contribution >= 4 is 11.8 Å². The molecule has 1 fully saturated rings. The van der Waals surface area contributed by atoms with Gasteiger partial charge in [0.05, 0.1) is 32.8 Å². The van der Waals surface area contributed by atoms with Gasteiger partial charge in [-0.3, -0.25) is 9.59 Å². The quantitative estimate of drug-likeness (QED) is 0.552. The molecule has 4 rings (SSSR count). The van der Waals surface area contributed by atoms with Crippen LogP contribution in [0.25, 0.3) is 11.1 Å². The summed E-state index contributed by atoms with van der Waals surface area (Å²) in [6.45, 7) is 4.67. The fourth-order valence-electron chi connectivity index (χ4n) is 4.23. The number of methoxy groups -OCH3 is 2. The third-order valence-corrected chi connectivity index (χ3v) is 6.16. The van der Waals surface area contributed by atoms with Crippen LogP contribution in [0.4, 0.5) is 0 Å². The maximum Gasteiger partial charge on any atom is 0.315 e. The zero-order valence-electron chi connectivity index (χ0n) is 19.6. The molecular formula is C26H30O7. The lowest BCUT2D eigenvalue weighted by molar-refractivity contribution is -0.161. The lowest BCUT2D eigenvalue weighted by atomic mass is 9.94. The van der Waals surface area contributed by atoms with Crippen molar-refractivity contribution in [3.63, 3.8) is 0 Å². The van der Waals surface area contributed by atoms with Gasteiger partial charge in [0.15, 0.2) is 17.3 Å². The molecule has 176 valence electrons. The number of hydrogen-bond donors (Lipinski definition) is 0. The summed E-state index contributed by atoms with van der Waals surface area (Å²) in [6, 6.07) is 9.43. The SMILES string of the molecule is COc1ccc(-c2cccc3c2CCC3=O)c(OCC(C)(C)C(=O)O[C@@H]2CCOC2)c1OC. The molecule has 1 aliphatic carbocycles. The molecule has 0 aromatic heterocycles. The van der Waals surface area contributed by atoms with E-state index in [0.717, 1.165) is 22.3 Å². The molecule has 0 spiro atoms. The molecule has 2 aromatic rings. The van der Waals surface area contributed by atoms with Crippen LogP contribution < -0.4 is 14.2 Å².